The van der Waals surface area contributed by atoms with Crippen molar-refractivity contribution in [3.63, 3.8) is 0 Å². The van der Waals surface area contributed by atoms with E-state index in [1.807, 2.05) is 0 Å². The highest BCUT2D eigenvalue weighted by atomic mass is 16.6. The van der Waals surface area contributed by atoms with Crippen molar-refractivity contribution >= 4 is 11.9 Å². The zero-order valence-corrected chi connectivity index (χ0v) is 9.32. The summed E-state index contributed by atoms with van der Waals surface area (Å²) in [5.74, 6) is -1.77. The van der Waals surface area contributed by atoms with Crippen molar-refractivity contribution < 1.29 is 24.5 Å². The van der Waals surface area contributed by atoms with Gasteiger partial charge in [-0.1, -0.05) is 6.92 Å². The Kier molecular flexibility index (Phi) is 5.28. The maximum Gasteiger partial charge on any atom is 0.306 e. The standard InChI is InChI=1S/C10H18O5/c1-7(6-11)10(2,3)15-9(14)5-4-8(12)13/h7,11H,4-6H2,1-3H3,(H,12,13). The molecule has 1 unspecified atom stereocenters. The number of aliphatic carboxylic acids is 1. The van der Waals surface area contributed by atoms with E-state index in [1.54, 1.807) is 20.8 Å². The van der Waals surface area contributed by atoms with Gasteiger partial charge in [0.2, 0.25) is 0 Å². The van der Waals surface area contributed by atoms with Crippen molar-refractivity contribution in [2.24, 2.45) is 5.92 Å². The Balaban J connectivity index is 4.10. The van der Waals surface area contributed by atoms with E-state index in [-0.39, 0.29) is 25.4 Å². The maximum atomic E-state index is 11.2. The highest BCUT2D eigenvalue weighted by Gasteiger charge is 2.29. The fourth-order valence-corrected chi connectivity index (χ4v) is 0.874. The molecule has 0 radical (unpaired) electrons. The largest absolute Gasteiger partial charge is 0.481 e. The number of carboxylic acid groups (broad SMARTS) is 1. The van der Waals surface area contributed by atoms with Gasteiger partial charge in [-0.05, 0) is 13.8 Å². The fraction of sp³-hybridized carbons (Fsp3) is 0.800. The first-order valence-corrected chi connectivity index (χ1v) is 4.84. The number of ether oxygens (including phenoxy) is 1. The summed E-state index contributed by atoms with van der Waals surface area (Å²) in [6.07, 6.45) is -0.376. The summed E-state index contributed by atoms with van der Waals surface area (Å²) in [5.41, 5.74) is -0.773. The first-order chi connectivity index (χ1) is 6.79. The molecule has 0 saturated heterocycles. The first kappa shape index (κ1) is 13.9. The topological polar surface area (TPSA) is 83.8 Å². The molecule has 0 amide bonds. The summed E-state index contributed by atoms with van der Waals surface area (Å²) in [7, 11) is 0. The highest BCUT2D eigenvalue weighted by Crippen LogP contribution is 2.21. The van der Waals surface area contributed by atoms with Gasteiger partial charge in [-0.2, -0.15) is 0 Å². The van der Waals surface area contributed by atoms with Crippen LogP contribution in [0.2, 0.25) is 0 Å². The summed E-state index contributed by atoms with van der Waals surface area (Å²) in [6.45, 7) is 5.04. The third kappa shape index (κ3) is 5.37. The molecule has 2 N–H and O–H groups in total. The summed E-state index contributed by atoms with van der Waals surface area (Å²) < 4.78 is 5.08. The van der Waals surface area contributed by atoms with E-state index >= 15 is 0 Å². The smallest absolute Gasteiger partial charge is 0.306 e. The molecule has 0 rings (SSSR count). The van der Waals surface area contributed by atoms with E-state index in [0.29, 0.717) is 0 Å². The van der Waals surface area contributed by atoms with Crippen LogP contribution < -0.4 is 0 Å². The van der Waals surface area contributed by atoms with Crippen LogP contribution in [0.3, 0.4) is 0 Å². The van der Waals surface area contributed by atoms with Crippen LogP contribution in [0.25, 0.3) is 0 Å². The molecule has 0 aliphatic rings. The second-order valence-electron chi connectivity index (χ2n) is 4.05. The number of esters is 1. The highest BCUT2D eigenvalue weighted by molar-refractivity contribution is 5.76. The molecular weight excluding hydrogens is 200 g/mol. The van der Waals surface area contributed by atoms with Crippen LogP contribution in [0.4, 0.5) is 0 Å². The molecule has 88 valence electrons. The van der Waals surface area contributed by atoms with Crippen LogP contribution in [-0.4, -0.2) is 34.4 Å². The van der Waals surface area contributed by atoms with Gasteiger partial charge >= 0.3 is 11.9 Å². The van der Waals surface area contributed by atoms with E-state index < -0.39 is 17.5 Å². The van der Waals surface area contributed by atoms with E-state index in [9.17, 15) is 9.59 Å². The van der Waals surface area contributed by atoms with Crippen LogP contribution in [0.15, 0.2) is 0 Å². The molecule has 15 heavy (non-hydrogen) atoms. The fourth-order valence-electron chi connectivity index (χ4n) is 0.874. The van der Waals surface area contributed by atoms with Crippen LogP contribution >= 0.6 is 0 Å². The van der Waals surface area contributed by atoms with Gasteiger partial charge in [0, 0.05) is 12.5 Å². The molecule has 0 aliphatic carbocycles. The molecule has 0 fully saturated rings. The SMILES string of the molecule is CC(CO)C(C)(C)OC(=O)CCC(=O)O. The van der Waals surface area contributed by atoms with E-state index in [2.05, 4.69) is 0 Å². The summed E-state index contributed by atoms with van der Waals surface area (Å²) in [6, 6.07) is 0. The van der Waals surface area contributed by atoms with Crippen molar-refractivity contribution in [1.29, 1.82) is 0 Å². The zero-order valence-electron chi connectivity index (χ0n) is 9.32. The number of aliphatic hydroxyl groups excluding tert-OH is 1. The first-order valence-electron chi connectivity index (χ1n) is 4.84. The molecule has 5 heteroatoms. The quantitative estimate of drug-likeness (QED) is 0.644. The van der Waals surface area contributed by atoms with Crippen LogP contribution in [0.1, 0.15) is 33.6 Å². The predicted molar refractivity (Wildman–Crippen MR) is 53.3 cm³/mol. The molecule has 0 aromatic heterocycles. The van der Waals surface area contributed by atoms with Gasteiger partial charge < -0.3 is 14.9 Å². The van der Waals surface area contributed by atoms with Crippen LogP contribution in [-0.2, 0) is 14.3 Å². The maximum absolute atomic E-state index is 11.2. The number of carbonyl (C=O) groups is 2. The van der Waals surface area contributed by atoms with Crippen molar-refractivity contribution in [3.8, 4) is 0 Å². The number of hydrogen-bond donors (Lipinski definition) is 2. The minimum Gasteiger partial charge on any atom is -0.481 e. The Bertz CT molecular complexity index is 234. The lowest BCUT2D eigenvalue weighted by Crippen LogP contribution is -2.37. The van der Waals surface area contributed by atoms with Gasteiger partial charge in [0.25, 0.3) is 0 Å². The van der Waals surface area contributed by atoms with Crippen LogP contribution in [0, 0.1) is 5.92 Å². The summed E-state index contributed by atoms with van der Waals surface area (Å²) in [4.78, 5) is 21.4. The van der Waals surface area contributed by atoms with Gasteiger partial charge in [0.1, 0.15) is 5.60 Å². The molecule has 0 aliphatic heterocycles. The number of aliphatic hydroxyl groups is 1. The zero-order chi connectivity index (χ0) is 12.1. The molecule has 0 heterocycles. The molecule has 0 saturated carbocycles. The second-order valence-corrected chi connectivity index (χ2v) is 4.05. The molecule has 5 nitrogen and oxygen atoms in total. The molecule has 0 aromatic carbocycles. The number of carboxylic acids is 1. The van der Waals surface area contributed by atoms with Gasteiger partial charge in [-0.3, -0.25) is 9.59 Å². The Hall–Kier alpha value is -1.10. The molecule has 0 spiro atoms. The predicted octanol–water partition coefficient (Wildman–Crippen LogP) is 0.801. The molecule has 0 bridgehead atoms. The minimum absolute atomic E-state index is 0.0841. The summed E-state index contributed by atoms with van der Waals surface area (Å²) in [5, 5.41) is 17.3. The molecule has 1 atom stereocenters. The van der Waals surface area contributed by atoms with Crippen molar-refractivity contribution in [2.75, 3.05) is 6.61 Å². The van der Waals surface area contributed by atoms with Crippen molar-refractivity contribution in [2.45, 2.75) is 39.2 Å². The van der Waals surface area contributed by atoms with E-state index in [4.69, 9.17) is 14.9 Å². The minimum atomic E-state index is -1.03. The lowest BCUT2D eigenvalue weighted by atomic mass is 9.93. The Morgan fingerprint density at radius 1 is 1.33 bits per heavy atom. The number of rotatable bonds is 6. The number of hydrogen-bond acceptors (Lipinski definition) is 4. The second kappa shape index (κ2) is 5.70. The van der Waals surface area contributed by atoms with Gasteiger partial charge in [0.15, 0.2) is 0 Å². The Morgan fingerprint density at radius 3 is 2.27 bits per heavy atom. The number of carbonyl (C=O) groups excluding carboxylic acids is 1. The third-order valence-corrected chi connectivity index (χ3v) is 2.38. The normalized spacial score (nSPS) is 13.3. The van der Waals surface area contributed by atoms with Gasteiger partial charge in [-0.15, -0.1) is 0 Å². The Morgan fingerprint density at radius 2 is 1.87 bits per heavy atom. The lowest BCUT2D eigenvalue weighted by molar-refractivity contribution is -0.164. The van der Waals surface area contributed by atoms with E-state index in [0.717, 1.165) is 0 Å². The lowest BCUT2D eigenvalue weighted by Gasteiger charge is -2.30. The average molecular weight is 218 g/mol. The third-order valence-electron chi connectivity index (χ3n) is 2.38. The van der Waals surface area contributed by atoms with Gasteiger partial charge in [-0.25, -0.2) is 0 Å². The van der Waals surface area contributed by atoms with Gasteiger partial charge in [0.05, 0.1) is 12.8 Å². The van der Waals surface area contributed by atoms with E-state index in [1.165, 1.54) is 0 Å². The average Bonchev–Trinajstić information content (AvgIpc) is 2.12. The molecular formula is C10H18O5. The van der Waals surface area contributed by atoms with Crippen LogP contribution in [0.5, 0.6) is 0 Å². The van der Waals surface area contributed by atoms with Crippen molar-refractivity contribution in [1.82, 2.24) is 0 Å². The monoisotopic (exact) mass is 218 g/mol. The summed E-state index contributed by atoms with van der Waals surface area (Å²) >= 11 is 0. The Labute approximate surface area is 89.0 Å². The van der Waals surface area contributed by atoms with Crippen molar-refractivity contribution in [3.05, 3.63) is 0 Å². The molecule has 0 aromatic rings.